The molecule has 2 aliphatic heterocycles. The summed E-state index contributed by atoms with van der Waals surface area (Å²) in [5.41, 5.74) is -0.974. The second kappa shape index (κ2) is 8.04. The zero-order valence-electron chi connectivity index (χ0n) is 17.1. The predicted octanol–water partition coefficient (Wildman–Crippen LogP) is 0.119. The van der Waals surface area contributed by atoms with Crippen LogP contribution in [-0.4, -0.2) is 45.0 Å². The minimum Gasteiger partial charge on any atom is -0.335 e. The van der Waals surface area contributed by atoms with E-state index in [4.69, 9.17) is 5.41 Å². The molecule has 2 fully saturated rings. The number of fused-ring (bicyclic) bond motifs is 2. The number of quaternary nitrogens is 2. The van der Waals surface area contributed by atoms with Gasteiger partial charge in [-0.1, -0.05) is 13.8 Å². The van der Waals surface area contributed by atoms with Crippen molar-refractivity contribution in [3.8, 4) is 18.2 Å². The molecule has 148 valence electrons. The summed E-state index contributed by atoms with van der Waals surface area (Å²) < 4.78 is 0. The van der Waals surface area contributed by atoms with Crippen molar-refractivity contribution in [3.63, 3.8) is 0 Å². The minimum atomic E-state index is -1.48. The first-order valence-corrected chi connectivity index (χ1v) is 10.7. The Bertz CT molecular complexity index is 754. The molecule has 0 amide bonds. The van der Waals surface area contributed by atoms with Crippen LogP contribution in [0.1, 0.15) is 39.5 Å². The summed E-state index contributed by atoms with van der Waals surface area (Å²) in [6.45, 7) is 10.2. The first-order valence-electron chi connectivity index (χ1n) is 10.7. The molecule has 3 aliphatic rings. The van der Waals surface area contributed by atoms with Gasteiger partial charge in [-0.2, -0.15) is 15.8 Å². The van der Waals surface area contributed by atoms with Gasteiger partial charge in [-0.05, 0) is 24.5 Å². The number of nitrogens with zero attached hydrogens (tertiary/aromatic N) is 3. The fourth-order valence-electron chi connectivity index (χ4n) is 6.08. The molecule has 0 aromatic carbocycles. The van der Waals surface area contributed by atoms with E-state index in [1.165, 1.54) is 9.80 Å². The number of hydrogen-bond donors (Lipinski definition) is 3. The van der Waals surface area contributed by atoms with Gasteiger partial charge in [0.15, 0.2) is 5.41 Å². The second-order valence-corrected chi connectivity index (χ2v) is 8.77. The van der Waals surface area contributed by atoms with Crippen LogP contribution in [0.2, 0.25) is 0 Å². The van der Waals surface area contributed by atoms with Crippen LogP contribution in [0.25, 0.3) is 0 Å². The van der Waals surface area contributed by atoms with Crippen LogP contribution < -0.4 is 9.80 Å². The summed E-state index contributed by atoms with van der Waals surface area (Å²) in [7, 11) is 0. The Morgan fingerprint density at radius 3 is 2.21 bits per heavy atom. The molecule has 3 N–H and O–H groups in total. The van der Waals surface area contributed by atoms with Crippen molar-refractivity contribution in [2.75, 3.05) is 39.3 Å². The summed E-state index contributed by atoms with van der Waals surface area (Å²) in [6.07, 6.45) is 5.94. The third kappa shape index (κ3) is 2.86. The van der Waals surface area contributed by atoms with Gasteiger partial charge >= 0.3 is 0 Å². The third-order valence-electron chi connectivity index (χ3n) is 7.48. The van der Waals surface area contributed by atoms with Crippen LogP contribution in [0.5, 0.6) is 0 Å². The highest BCUT2D eigenvalue weighted by atomic mass is 15.1. The molecular formula is C22H32N6+2. The number of likely N-dealkylation sites (tertiary alicyclic amines) is 1. The molecule has 1 saturated carbocycles. The average Bonchev–Trinajstić information content (AvgIpc) is 2.72. The van der Waals surface area contributed by atoms with Crippen LogP contribution in [0.3, 0.4) is 0 Å². The lowest BCUT2D eigenvalue weighted by Crippen LogP contribution is -3.15. The molecule has 1 aliphatic carbocycles. The van der Waals surface area contributed by atoms with E-state index in [-0.39, 0.29) is 11.6 Å². The molecule has 3 atom stereocenters. The van der Waals surface area contributed by atoms with E-state index < -0.39 is 16.7 Å². The van der Waals surface area contributed by atoms with Gasteiger partial charge in [-0.15, -0.1) is 0 Å². The molecule has 0 radical (unpaired) electrons. The number of rotatable bonds is 4. The minimum absolute atomic E-state index is 0.0281. The van der Waals surface area contributed by atoms with Gasteiger partial charge in [0.1, 0.15) is 5.92 Å². The smallest absolute Gasteiger partial charge is 0.189 e. The molecule has 0 aromatic rings. The van der Waals surface area contributed by atoms with Crippen LogP contribution in [0, 0.1) is 62.1 Å². The Kier molecular flexibility index (Phi) is 5.90. The molecule has 2 heterocycles. The Morgan fingerprint density at radius 2 is 1.68 bits per heavy atom. The van der Waals surface area contributed by atoms with Crippen LogP contribution in [0.4, 0.5) is 0 Å². The van der Waals surface area contributed by atoms with Crippen molar-refractivity contribution in [2.45, 2.75) is 39.5 Å². The van der Waals surface area contributed by atoms with Crippen LogP contribution >= 0.6 is 0 Å². The van der Waals surface area contributed by atoms with Crippen LogP contribution in [0.15, 0.2) is 11.6 Å². The lowest BCUT2D eigenvalue weighted by Gasteiger charge is -2.56. The zero-order chi connectivity index (χ0) is 20.4. The first-order chi connectivity index (χ1) is 13.5. The Labute approximate surface area is 168 Å². The maximum absolute atomic E-state index is 10.2. The molecule has 1 unspecified atom stereocenters. The van der Waals surface area contributed by atoms with Gasteiger partial charge in [0, 0.05) is 24.2 Å². The first kappa shape index (κ1) is 20.5. The van der Waals surface area contributed by atoms with Crippen molar-refractivity contribution in [3.05, 3.63) is 11.6 Å². The van der Waals surface area contributed by atoms with Gasteiger partial charge in [0.2, 0.25) is 0 Å². The summed E-state index contributed by atoms with van der Waals surface area (Å²) in [4.78, 5) is 3.00. The highest BCUT2D eigenvalue weighted by Gasteiger charge is 2.68. The molecule has 3 rings (SSSR count). The number of nitriles is 3. The number of hydrogen-bond acceptors (Lipinski definition) is 4. The van der Waals surface area contributed by atoms with E-state index >= 15 is 0 Å². The van der Waals surface area contributed by atoms with Gasteiger partial charge in [-0.25, -0.2) is 0 Å². The third-order valence-corrected chi connectivity index (χ3v) is 7.48. The van der Waals surface area contributed by atoms with Crippen molar-refractivity contribution in [2.24, 2.45) is 22.7 Å². The summed E-state index contributed by atoms with van der Waals surface area (Å²) in [6, 6.07) is 6.84. The lowest BCUT2D eigenvalue weighted by atomic mass is 9.44. The van der Waals surface area contributed by atoms with Crippen molar-refractivity contribution in [1.29, 1.82) is 21.2 Å². The molecule has 6 nitrogen and oxygen atoms in total. The van der Waals surface area contributed by atoms with Gasteiger partial charge < -0.3 is 15.2 Å². The van der Waals surface area contributed by atoms with E-state index in [1.807, 2.05) is 0 Å². The number of piperidine rings is 1. The quantitative estimate of drug-likeness (QED) is 0.603. The van der Waals surface area contributed by atoms with Crippen molar-refractivity contribution < 1.29 is 9.80 Å². The van der Waals surface area contributed by atoms with Crippen LogP contribution in [-0.2, 0) is 0 Å². The maximum Gasteiger partial charge on any atom is 0.189 e. The largest absolute Gasteiger partial charge is 0.335 e. The van der Waals surface area contributed by atoms with E-state index in [2.05, 4.69) is 38.1 Å². The summed E-state index contributed by atoms with van der Waals surface area (Å²) >= 11 is 0. The van der Waals surface area contributed by atoms with Gasteiger partial charge in [-0.3, -0.25) is 0 Å². The van der Waals surface area contributed by atoms with E-state index in [0.717, 1.165) is 70.5 Å². The van der Waals surface area contributed by atoms with E-state index in [1.54, 1.807) is 0 Å². The van der Waals surface area contributed by atoms with Gasteiger partial charge in [0.05, 0.1) is 63.2 Å². The van der Waals surface area contributed by atoms with Gasteiger partial charge in [0.25, 0.3) is 0 Å². The Hall–Kier alpha value is -2.20. The summed E-state index contributed by atoms with van der Waals surface area (Å²) in [5, 5.41) is 39.0. The normalized spacial score (nSPS) is 36.5. The van der Waals surface area contributed by atoms with E-state index in [9.17, 15) is 15.8 Å². The Morgan fingerprint density at radius 1 is 1.07 bits per heavy atom. The fourth-order valence-corrected chi connectivity index (χ4v) is 6.08. The molecule has 1 saturated heterocycles. The van der Waals surface area contributed by atoms with Crippen molar-refractivity contribution in [1.82, 2.24) is 0 Å². The second-order valence-electron chi connectivity index (χ2n) is 8.77. The van der Waals surface area contributed by atoms with E-state index in [0.29, 0.717) is 0 Å². The highest BCUT2D eigenvalue weighted by Crippen LogP contribution is 2.59. The number of nitrogens with one attached hydrogen (secondary N) is 3. The maximum atomic E-state index is 10.2. The molecule has 0 aromatic heterocycles. The molecule has 6 heteroatoms. The lowest BCUT2D eigenvalue weighted by molar-refractivity contribution is -0.912. The molecule has 1 spiro atoms. The fraction of sp³-hybridized carbons (Fsp3) is 0.727. The summed E-state index contributed by atoms with van der Waals surface area (Å²) in [5.74, 6) is -0.678. The average molecular weight is 381 g/mol. The van der Waals surface area contributed by atoms with Crippen molar-refractivity contribution >= 4 is 5.71 Å². The Balaban J connectivity index is 2.10. The SMILES string of the molecule is CCC[NH+]1CCC2(CC1)[C@H]1C[NH+](CCC)CC=C1[C@H](C#N)C(=N)C2(C#N)C#N. The molecular weight excluding hydrogens is 348 g/mol. The molecule has 28 heavy (non-hydrogen) atoms. The molecule has 0 bridgehead atoms. The standard InChI is InChI=1S/C22H30N6/c1-3-8-27-11-6-21(7-12-27)19-14-28(9-4-2)10-5-17(19)18(13-23)20(26)22(21,15-24)16-25/h5,18-19,26H,3-4,6-12,14H2,1-2H3/p+2/t18-,19-/m0/s1. The predicted molar refractivity (Wildman–Crippen MR) is 105 cm³/mol. The zero-order valence-corrected chi connectivity index (χ0v) is 17.1. The highest BCUT2D eigenvalue weighted by molar-refractivity contribution is 6.00. The topological polar surface area (TPSA) is 104 Å². The monoisotopic (exact) mass is 380 g/mol.